The Morgan fingerprint density at radius 2 is 1.87 bits per heavy atom. The molecule has 0 aliphatic rings. The van der Waals surface area contributed by atoms with Gasteiger partial charge < -0.3 is 5.11 Å². The molecule has 4 nitrogen and oxygen atoms in total. The molecule has 92 valence electrons. The summed E-state index contributed by atoms with van der Waals surface area (Å²) in [6.45, 7) is 1.80. The standard InChI is InChI=1S/C8H17F2NO3S/c1-7(2)6-15(13,14)11(3-4-12)5-8(9)10/h7-8,12H,3-6H2,1-2H3. The summed E-state index contributed by atoms with van der Waals surface area (Å²) >= 11 is 0. The molecular formula is C8H17F2NO3S. The second-order valence-electron chi connectivity index (χ2n) is 3.65. The Balaban J connectivity index is 4.58. The first-order valence-corrected chi connectivity index (χ1v) is 6.27. The van der Waals surface area contributed by atoms with Crippen LogP contribution in [-0.2, 0) is 10.0 Å². The first-order valence-electron chi connectivity index (χ1n) is 4.66. The van der Waals surface area contributed by atoms with E-state index in [1.807, 2.05) is 0 Å². The Morgan fingerprint density at radius 1 is 1.33 bits per heavy atom. The van der Waals surface area contributed by atoms with Crippen molar-refractivity contribution in [2.75, 3.05) is 25.4 Å². The highest BCUT2D eigenvalue weighted by molar-refractivity contribution is 7.89. The molecule has 0 aliphatic carbocycles. The fourth-order valence-corrected chi connectivity index (χ4v) is 2.89. The normalized spacial score (nSPS) is 13.1. The molecule has 0 fully saturated rings. The van der Waals surface area contributed by atoms with Crippen LogP contribution in [0.5, 0.6) is 0 Å². The van der Waals surface area contributed by atoms with Gasteiger partial charge in [-0.25, -0.2) is 17.2 Å². The molecule has 7 heteroatoms. The lowest BCUT2D eigenvalue weighted by molar-refractivity contribution is 0.113. The molecule has 0 rings (SSSR count). The molecule has 0 aliphatic heterocycles. The predicted octanol–water partition coefficient (Wildman–Crippen LogP) is 0.532. The highest BCUT2D eigenvalue weighted by atomic mass is 32.2. The number of hydrogen-bond donors (Lipinski definition) is 1. The summed E-state index contributed by atoms with van der Waals surface area (Å²) in [4.78, 5) is 0. The summed E-state index contributed by atoms with van der Waals surface area (Å²) in [5.74, 6) is -0.312. The molecule has 0 amide bonds. The number of hydrogen-bond acceptors (Lipinski definition) is 3. The van der Waals surface area contributed by atoms with E-state index in [2.05, 4.69) is 0 Å². The van der Waals surface area contributed by atoms with E-state index >= 15 is 0 Å². The van der Waals surface area contributed by atoms with Crippen LogP contribution in [-0.4, -0.2) is 49.7 Å². The Morgan fingerprint density at radius 3 is 2.20 bits per heavy atom. The van der Waals surface area contributed by atoms with Crippen LogP contribution < -0.4 is 0 Å². The van der Waals surface area contributed by atoms with Crippen LogP contribution in [0, 0.1) is 5.92 Å². The zero-order chi connectivity index (χ0) is 12.1. The molecule has 0 radical (unpaired) electrons. The lowest BCUT2D eigenvalue weighted by Gasteiger charge is -2.21. The largest absolute Gasteiger partial charge is 0.395 e. The first-order chi connectivity index (χ1) is 6.79. The Hall–Kier alpha value is -0.270. The van der Waals surface area contributed by atoms with Crippen LogP contribution in [0.25, 0.3) is 0 Å². The minimum Gasteiger partial charge on any atom is -0.395 e. The van der Waals surface area contributed by atoms with E-state index in [-0.39, 0.29) is 18.2 Å². The number of halogens is 2. The van der Waals surface area contributed by atoms with Gasteiger partial charge in [0.2, 0.25) is 10.0 Å². The van der Waals surface area contributed by atoms with Crippen molar-refractivity contribution < 1.29 is 22.3 Å². The number of sulfonamides is 1. The molecule has 0 unspecified atom stereocenters. The van der Waals surface area contributed by atoms with Gasteiger partial charge in [-0.2, -0.15) is 4.31 Å². The first kappa shape index (κ1) is 14.7. The van der Waals surface area contributed by atoms with Gasteiger partial charge in [0.05, 0.1) is 18.9 Å². The Labute approximate surface area is 88.9 Å². The van der Waals surface area contributed by atoms with Crippen LogP contribution >= 0.6 is 0 Å². The second kappa shape index (κ2) is 6.34. The fourth-order valence-electron chi connectivity index (χ4n) is 1.14. The Kier molecular flexibility index (Phi) is 6.23. The van der Waals surface area contributed by atoms with Crippen molar-refractivity contribution >= 4 is 10.0 Å². The third-order valence-electron chi connectivity index (χ3n) is 1.63. The topological polar surface area (TPSA) is 57.6 Å². The number of aliphatic hydroxyl groups is 1. The summed E-state index contributed by atoms with van der Waals surface area (Å²) in [5.41, 5.74) is 0. The SMILES string of the molecule is CC(C)CS(=O)(=O)N(CCO)CC(F)F. The van der Waals surface area contributed by atoms with Crippen molar-refractivity contribution in [3.63, 3.8) is 0 Å². The van der Waals surface area contributed by atoms with Gasteiger partial charge in [-0.3, -0.25) is 0 Å². The zero-order valence-electron chi connectivity index (χ0n) is 8.86. The molecular weight excluding hydrogens is 228 g/mol. The van der Waals surface area contributed by atoms with Crippen LogP contribution in [0.2, 0.25) is 0 Å². The van der Waals surface area contributed by atoms with Crippen LogP contribution in [0.1, 0.15) is 13.8 Å². The smallest absolute Gasteiger partial charge is 0.252 e. The molecule has 0 saturated heterocycles. The molecule has 0 atom stereocenters. The van der Waals surface area contributed by atoms with Gasteiger partial charge in [-0.05, 0) is 5.92 Å². The van der Waals surface area contributed by atoms with Crippen LogP contribution in [0.15, 0.2) is 0 Å². The fraction of sp³-hybridized carbons (Fsp3) is 1.00. The molecule has 0 aromatic rings. The summed E-state index contributed by atoms with van der Waals surface area (Å²) in [6.07, 6.45) is -2.72. The summed E-state index contributed by atoms with van der Waals surface area (Å²) in [7, 11) is -3.69. The number of nitrogens with zero attached hydrogens (tertiary/aromatic N) is 1. The van der Waals surface area contributed by atoms with Gasteiger partial charge in [0.25, 0.3) is 6.43 Å². The van der Waals surface area contributed by atoms with Crippen LogP contribution in [0.4, 0.5) is 8.78 Å². The maximum absolute atomic E-state index is 12.1. The van der Waals surface area contributed by atoms with Gasteiger partial charge in [0, 0.05) is 6.54 Å². The van der Waals surface area contributed by atoms with Gasteiger partial charge >= 0.3 is 0 Å². The number of aliphatic hydroxyl groups excluding tert-OH is 1. The maximum Gasteiger partial charge on any atom is 0.252 e. The third-order valence-corrected chi connectivity index (χ3v) is 3.83. The van der Waals surface area contributed by atoms with Crippen molar-refractivity contribution in [1.82, 2.24) is 4.31 Å². The average molecular weight is 245 g/mol. The van der Waals surface area contributed by atoms with E-state index < -0.39 is 29.6 Å². The van der Waals surface area contributed by atoms with Crippen molar-refractivity contribution in [3.8, 4) is 0 Å². The quantitative estimate of drug-likeness (QED) is 0.712. The summed E-state index contributed by atoms with van der Waals surface area (Å²) < 4.78 is 47.9. The average Bonchev–Trinajstić information content (AvgIpc) is 2.00. The van der Waals surface area contributed by atoms with E-state index in [9.17, 15) is 17.2 Å². The van der Waals surface area contributed by atoms with Gasteiger partial charge in [0.1, 0.15) is 0 Å². The van der Waals surface area contributed by atoms with Crippen molar-refractivity contribution in [2.24, 2.45) is 5.92 Å². The monoisotopic (exact) mass is 245 g/mol. The van der Waals surface area contributed by atoms with Crippen molar-refractivity contribution in [3.05, 3.63) is 0 Å². The maximum atomic E-state index is 12.1. The van der Waals surface area contributed by atoms with E-state index in [1.165, 1.54) is 0 Å². The predicted molar refractivity (Wildman–Crippen MR) is 53.3 cm³/mol. The number of rotatable bonds is 7. The molecule has 0 aromatic heterocycles. The molecule has 0 aromatic carbocycles. The zero-order valence-corrected chi connectivity index (χ0v) is 9.67. The molecule has 0 spiro atoms. The highest BCUT2D eigenvalue weighted by Gasteiger charge is 2.25. The van der Waals surface area contributed by atoms with Gasteiger partial charge in [0.15, 0.2) is 0 Å². The molecule has 0 saturated carbocycles. The minimum absolute atomic E-state index is 0.131. The van der Waals surface area contributed by atoms with E-state index in [0.29, 0.717) is 4.31 Å². The molecule has 0 bridgehead atoms. The number of alkyl halides is 2. The third kappa shape index (κ3) is 6.01. The molecule has 15 heavy (non-hydrogen) atoms. The summed E-state index contributed by atoms with van der Waals surface area (Å²) in [5, 5.41) is 8.60. The van der Waals surface area contributed by atoms with Gasteiger partial charge in [-0.1, -0.05) is 13.8 Å². The van der Waals surface area contributed by atoms with E-state index in [1.54, 1.807) is 13.8 Å². The highest BCUT2D eigenvalue weighted by Crippen LogP contribution is 2.09. The van der Waals surface area contributed by atoms with Crippen molar-refractivity contribution in [1.29, 1.82) is 0 Å². The van der Waals surface area contributed by atoms with E-state index in [0.717, 1.165) is 0 Å². The van der Waals surface area contributed by atoms with E-state index in [4.69, 9.17) is 5.11 Å². The lowest BCUT2D eigenvalue weighted by atomic mass is 10.3. The Bertz CT molecular complexity index is 267. The van der Waals surface area contributed by atoms with Crippen molar-refractivity contribution in [2.45, 2.75) is 20.3 Å². The molecule has 0 heterocycles. The minimum atomic E-state index is -3.69. The second-order valence-corrected chi connectivity index (χ2v) is 5.66. The van der Waals surface area contributed by atoms with Gasteiger partial charge in [-0.15, -0.1) is 0 Å². The van der Waals surface area contributed by atoms with Crippen LogP contribution in [0.3, 0.4) is 0 Å². The summed E-state index contributed by atoms with van der Waals surface area (Å²) in [6, 6.07) is 0. The lowest BCUT2D eigenvalue weighted by Crippen LogP contribution is -2.39. The molecule has 1 N–H and O–H groups in total.